The highest BCUT2D eigenvalue weighted by Crippen LogP contribution is 2.28. The number of carbonyl (C=O) groups is 1. The van der Waals surface area contributed by atoms with E-state index in [0.717, 1.165) is 10.0 Å². The molecule has 0 aliphatic heterocycles. The summed E-state index contributed by atoms with van der Waals surface area (Å²) in [5.74, 6) is 0.464. The standard InChI is InChI=1S/C12H17BrN2O2/c1-7(14)10-5-4-9(13)6-11(10)17-8(2)12(16)15-3/h4-8H,14H2,1-3H3,(H,15,16)/t7-,8?/m0/s1. The third-order valence-electron chi connectivity index (χ3n) is 2.39. The molecule has 0 saturated carbocycles. The Morgan fingerprint density at radius 3 is 2.65 bits per heavy atom. The molecule has 2 atom stereocenters. The second kappa shape index (κ2) is 6.02. The van der Waals surface area contributed by atoms with Gasteiger partial charge in [0.05, 0.1) is 0 Å². The number of hydrogen-bond donors (Lipinski definition) is 2. The predicted octanol–water partition coefficient (Wildman–Crippen LogP) is 1.98. The summed E-state index contributed by atoms with van der Waals surface area (Å²) in [7, 11) is 1.58. The van der Waals surface area contributed by atoms with Gasteiger partial charge in [0.15, 0.2) is 6.10 Å². The molecule has 1 rings (SSSR count). The van der Waals surface area contributed by atoms with Crippen LogP contribution in [0.25, 0.3) is 0 Å². The fourth-order valence-electron chi connectivity index (χ4n) is 1.43. The summed E-state index contributed by atoms with van der Waals surface area (Å²) < 4.78 is 6.51. The molecule has 4 nitrogen and oxygen atoms in total. The molecule has 0 fully saturated rings. The number of hydrogen-bond acceptors (Lipinski definition) is 3. The van der Waals surface area contributed by atoms with Gasteiger partial charge in [-0.2, -0.15) is 0 Å². The van der Waals surface area contributed by atoms with Crippen LogP contribution >= 0.6 is 15.9 Å². The molecule has 0 heterocycles. The normalized spacial score (nSPS) is 13.9. The van der Waals surface area contributed by atoms with E-state index in [1.165, 1.54) is 0 Å². The minimum Gasteiger partial charge on any atom is -0.481 e. The van der Waals surface area contributed by atoms with Crippen LogP contribution in [0.5, 0.6) is 5.75 Å². The van der Waals surface area contributed by atoms with Gasteiger partial charge in [-0.25, -0.2) is 0 Å². The first-order valence-corrected chi connectivity index (χ1v) is 6.18. The van der Waals surface area contributed by atoms with Crippen LogP contribution in [0.3, 0.4) is 0 Å². The van der Waals surface area contributed by atoms with E-state index in [-0.39, 0.29) is 11.9 Å². The molecule has 0 spiro atoms. The highest BCUT2D eigenvalue weighted by molar-refractivity contribution is 9.10. The van der Waals surface area contributed by atoms with Gasteiger partial charge in [0.1, 0.15) is 5.75 Å². The number of amides is 1. The molecule has 0 saturated heterocycles. The third-order valence-corrected chi connectivity index (χ3v) is 2.88. The predicted molar refractivity (Wildman–Crippen MR) is 70.9 cm³/mol. The molecule has 0 bridgehead atoms. The van der Waals surface area contributed by atoms with Crippen molar-refractivity contribution in [2.75, 3.05) is 7.05 Å². The zero-order chi connectivity index (χ0) is 13.0. The summed E-state index contributed by atoms with van der Waals surface area (Å²) in [6.45, 7) is 3.57. The number of nitrogens with two attached hydrogens (primary N) is 1. The van der Waals surface area contributed by atoms with Crippen LogP contribution in [0.4, 0.5) is 0 Å². The van der Waals surface area contributed by atoms with Crippen LogP contribution in [0.1, 0.15) is 25.5 Å². The maximum Gasteiger partial charge on any atom is 0.260 e. The van der Waals surface area contributed by atoms with Crippen LogP contribution in [-0.4, -0.2) is 19.1 Å². The largest absolute Gasteiger partial charge is 0.481 e. The molecule has 1 aromatic rings. The van der Waals surface area contributed by atoms with Gasteiger partial charge in [0.25, 0.3) is 5.91 Å². The van der Waals surface area contributed by atoms with E-state index in [1.807, 2.05) is 25.1 Å². The molecule has 1 unspecified atom stereocenters. The van der Waals surface area contributed by atoms with Crippen LogP contribution in [-0.2, 0) is 4.79 Å². The highest BCUT2D eigenvalue weighted by atomic mass is 79.9. The quantitative estimate of drug-likeness (QED) is 0.894. The Hall–Kier alpha value is -1.07. The van der Waals surface area contributed by atoms with Crippen molar-refractivity contribution in [3.63, 3.8) is 0 Å². The second-order valence-electron chi connectivity index (χ2n) is 3.85. The number of halogens is 1. The van der Waals surface area contributed by atoms with Crippen molar-refractivity contribution in [1.29, 1.82) is 0 Å². The molecule has 17 heavy (non-hydrogen) atoms. The van der Waals surface area contributed by atoms with Gasteiger partial charge < -0.3 is 15.8 Å². The fourth-order valence-corrected chi connectivity index (χ4v) is 1.77. The average Bonchev–Trinajstić information content (AvgIpc) is 2.27. The molecule has 1 aromatic carbocycles. The Morgan fingerprint density at radius 1 is 1.47 bits per heavy atom. The van der Waals surface area contributed by atoms with E-state index >= 15 is 0 Å². The van der Waals surface area contributed by atoms with E-state index in [0.29, 0.717) is 5.75 Å². The lowest BCUT2D eigenvalue weighted by Crippen LogP contribution is -2.34. The van der Waals surface area contributed by atoms with Crippen molar-refractivity contribution in [1.82, 2.24) is 5.32 Å². The maximum atomic E-state index is 11.4. The molecule has 0 radical (unpaired) electrons. The summed E-state index contributed by atoms with van der Waals surface area (Å²) in [6, 6.07) is 5.46. The topological polar surface area (TPSA) is 64.3 Å². The smallest absolute Gasteiger partial charge is 0.260 e. The Balaban J connectivity index is 2.96. The van der Waals surface area contributed by atoms with Crippen molar-refractivity contribution in [2.24, 2.45) is 5.73 Å². The Bertz CT molecular complexity index is 407. The van der Waals surface area contributed by atoms with Gasteiger partial charge >= 0.3 is 0 Å². The lowest BCUT2D eigenvalue weighted by atomic mass is 10.1. The minimum absolute atomic E-state index is 0.144. The summed E-state index contributed by atoms with van der Waals surface area (Å²) in [5, 5.41) is 2.54. The summed E-state index contributed by atoms with van der Waals surface area (Å²) in [4.78, 5) is 11.4. The van der Waals surface area contributed by atoms with E-state index in [9.17, 15) is 4.79 Å². The van der Waals surface area contributed by atoms with E-state index in [1.54, 1.807) is 14.0 Å². The fraction of sp³-hybridized carbons (Fsp3) is 0.417. The van der Waals surface area contributed by atoms with Crippen LogP contribution in [0, 0.1) is 0 Å². The van der Waals surface area contributed by atoms with Gasteiger partial charge in [0, 0.05) is 23.1 Å². The highest BCUT2D eigenvalue weighted by Gasteiger charge is 2.16. The van der Waals surface area contributed by atoms with Crippen molar-refractivity contribution in [3.05, 3.63) is 28.2 Å². The molecule has 5 heteroatoms. The molecule has 0 aromatic heterocycles. The number of ether oxygens (including phenoxy) is 1. The maximum absolute atomic E-state index is 11.4. The molecular weight excluding hydrogens is 284 g/mol. The van der Waals surface area contributed by atoms with Gasteiger partial charge in [-0.3, -0.25) is 4.79 Å². The Labute approximate surface area is 110 Å². The van der Waals surface area contributed by atoms with E-state index in [4.69, 9.17) is 10.5 Å². The second-order valence-corrected chi connectivity index (χ2v) is 4.76. The first-order valence-electron chi connectivity index (χ1n) is 5.39. The lowest BCUT2D eigenvalue weighted by Gasteiger charge is -2.18. The van der Waals surface area contributed by atoms with E-state index in [2.05, 4.69) is 21.2 Å². The number of nitrogens with one attached hydrogen (secondary N) is 1. The zero-order valence-corrected chi connectivity index (χ0v) is 11.7. The van der Waals surface area contributed by atoms with Crippen LogP contribution in [0.2, 0.25) is 0 Å². The summed E-state index contributed by atoms with van der Waals surface area (Å²) >= 11 is 3.37. The number of likely N-dealkylation sites (N-methyl/N-ethyl adjacent to an activating group) is 1. The van der Waals surface area contributed by atoms with Gasteiger partial charge in [-0.1, -0.05) is 22.0 Å². The van der Waals surface area contributed by atoms with E-state index < -0.39 is 6.10 Å². The molecule has 1 amide bonds. The van der Waals surface area contributed by atoms with Crippen molar-refractivity contribution < 1.29 is 9.53 Å². The molecule has 94 valence electrons. The molecule has 0 aliphatic carbocycles. The van der Waals surface area contributed by atoms with Crippen molar-refractivity contribution >= 4 is 21.8 Å². The Morgan fingerprint density at radius 2 is 2.12 bits per heavy atom. The zero-order valence-electron chi connectivity index (χ0n) is 10.2. The molecular formula is C12H17BrN2O2. The molecule has 0 aliphatic rings. The van der Waals surface area contributed by atoms with Gasteiger partial charge in [-0.05, 0) is 26.0 Å². The first kappa shape index (κ1) is 14.0. The number of benzene rings is 1. The summed E-state index contributed by atoms with van der Waals surface area (Å²) in [6.07, 6.45) is -0.549. The summed E-state index contributed by atoms with van der Waals surface area (Å²) in [5.41, 5.74) is 6.73. The van der Waals surface area contributed by atoms with Gasteiger partial charge in [0.2, 0.25) is 0 Å². The van der Waals surface area contributed by atoms with Gasteiger partial charge in [-0.15, -0.1) is 0 Å². The monoisotopic (exact) mass is 300 g/mol. The van der Waals surface area contributed by atoms with Crippen molar-refractivity contribution in [3.8, 4) is 5.75 Å². The third kappa shape index (κ3) is 3.71. The Kier molecular flexibility index (Phi) is 4.96. The number of rotatable bonds is 4. The SMILES string of the molecule is CNC(=O)C(C)Oc1cc(Br)ccc1[C@H](C)N. The van der Waals surface area contributed by atoms with Crippen LogP contribution < -0.4 is 15.8 Å². The molecule has 3 N–H and O–H groups in total. The number of carbonyl (C=O) groups excluding carboxylic acids is 1. The first-order chi connectivity index (χ1) is 7.95. The lowest BCUT2D eigenvalue weighted by molar-refractivity contribution is -0.126. The van der Waals surface area contributed by atoms with Crippen molar-refractivity contribution in [2.45, 2.75) is 26.0 Å². The average molecular weight is 301 g/mol. The van der Waals surface area contributed by atoms with Crippen LogP contribution in [0.15, 0.2) is 22.7 Å². The minimum atomic E-state index is -0.549.